The molecule has 1 unspecified atom stereocenters. The maximum absolute atomic E-state index is 13.1. The van der Waals surface area contributed by atoms with Gasteiger partial charge in [0.2, 0.25) is 11.7 Å². The van der Waals surface area contributed by atoms with Crippen LogP contribution in [0.3, 0.4) is 0 Å². The number of phenols is 1. The first-order chi connectivity index (χ1) is 18.9. The Morgan fingerprint density at radius 2 is 1.98 bits per heavy atom. The number of nitrogens with one attached hydrogen (secondary N) is 1. The lowest BCUT2D eigenvalue weighted by Crippen LogP contribution is -2.52. The molecule has 1 aromatic rings. The first-order valence-corrected chi connectivity index (χ1v) is 13.9. The van der Waals surface area contributed by atoms with Crippen molar-refractivity contribution in [3.8, 4) is 11.5 Å². The van der Waals surface area contributed by atoms with Gasteiger partial charge in [-0.15, -0.1) is 0 Å². The Balaban J connectivity index is 1.76. The molecule has 40 heavy (non-hydrogen) atoms. The maximum atomic E-state index is 13.1. The zero-order chi connectivity index (χ0) is 29.2. The molecule has 9 nitrogen and oxygen atoms in total. The van der Waals surface area contributed by atoms with Gasteiger partial charge in [0, 0.05) is 36.0 Å². The number of hydrogen-bond acceptors (Lipinski definition) is 8. The molecule has 3 heterocycles. The van der Waals surface area contributed by atoms with Crippen molar-refractivity contribution in [1.82, 2.24) is 0 Å². The predicted octanol–water partition coefficient (Wildman–Crippen LogP) is 5.04. The van der Waals surface area contributed by atoms with E-state index in [4.69, 9.17) is 14.2 Å². The molecule has 0 aromatic heterocycles. The van der Waals surface area contributed by atoms with Gasteiger partial charge >= 0.3 is 5.97 Å². The van der Waals surface area contributed by atoms with Crippen molar-refractivity contribution in [2.24, 2.45) is 11.8 Å². The van der Waals surface area contributed by atoms with Crippen LogP contribution in [0.1, 0.15) is 78.4 Å². The van der Waals surface area contributed by atoms with E-state index in [0.29, 0.717) is 24.2 Å². The summed E-state index contributed by atoms with van der Waals surface area (Å²) in [5.41, 5.74) is 1.87. The molecule has 3 aliphatic heterocycles. The molecule has 216 valence electrons. The number of aliphatic hydroxyl groups excluding tert-OH is 1. The summed E-state index contributed by atoms with van der Waals surface area (Å²) in [6.07, 6.45) is 5.73. The van der Waals surface area contributed by atoms with Gasteiger partial charge in [-0.05, 0) is 51.7 Å². The molecule has 3 aliphatic rings. The summed E-state index contributed by atoms with van der Waals surface area (Å²) >= 11 is 0. The number of fused-ring (bicyclic) bond motifs is 2. The maximum Gasteiger partial charge on any atom is 0.334 e. The average molecular weight is 554 g/mol. The lowest BCUT2D eigenvalue weighted by atomic mass is 9.82. The van der Waals surface area contributed by atoms with Gasteiger partial charge in [-0.3, -0.25) is 9.59 Å². The second-order valence-electron chi connectivity index (χ2n) is 11.2. The van der Waals surface area contributed by atoms with Crippen molar-refractivity contribution >= 4 is 23.3 Å². The second-order valence-corrected chi connectivity index (χ2v) is 11.2. The lowest BCUT2D eigenvalue weighted by molar-refractivity contribution is -0.261. The molecule has 0 aliphatic carbocycles. The van der Waals surface area contributed by atoms with Crippen molar-refractivity contribution in [1.29, 1.82) is 0 Å². The van der Waals surface area contributed by atoms with Crippen molar-refractivity contribution < 1.29 is 38.8 Å². The van der Waals surface area contributed by atoms with Crippen LogP contribution in [0.2, 0.25) is 0 Å². The highest BCUT2D eigenvalue weighted by molar-refractivity contribution is 5.96. The fourth-order valence-electron chi connectivity index (χ4n) is 5.32. The number of phenolic OH excluding ortho intramolecular Hbond substituents is 1. The number of Topliss-reactive ketones (excluding diaryl/α,β-unsaturated/α-hetero) is 1. The van der Waals surface area contributed by atoms with E-state index in [-0.39, 0.29) is 41.6 Å². The third kappa shape index (κ3) is 6.47. The number of aliphatic hydroxyl groups is 1. The third-order valence-corrected chi connectivity index (χ3v) is 7.71. The zero-order valence-electron chi connectivity index (χ0n) is 23.7. The van der Waals surface area contributed by atoms with Gasteiger partial charge in [-0.25, -0.2) is 4.79 Å². The van der Waals surface area contributed by atoms with Crippen molar-refractivity contribution in [3.63, 3.8) is 0 Å². The number of hydrogen-bond donors (Lipinski definition) is 3. The lowest BCUT2D eigenvalue weighted by Gasteiger charge is -2.48. The van der Waals surface area contributed by atoms with E-state index < -0.39 is 41.9 Å². The second kappa shape index (κ2) is 12.0. The summed E-state index contributed by atoms with van der Waals surface area (Å²) in [5, 5.41) is 24.0. The predicted molar refractivity (Wildman–Crippen MR) is 149 cm³/mol. The highest BCUT2D eigenvalue weighted by atomic mass is 16.7. The molecular weight excluding hydrogens is 514 g/mol. The average Bonchev–Trinajstić information content (AvgIpc) is 2.89. The van der Waals surface area contributed by atoms with Gasteiger partial charge in [0.1, 0.15) is 29.8 Å². The number of cyclic esters (lactones) is 1. The standard InChI is InChI=1S/C31H39NO8/c1-6-20-8-9-26(24(34)13-17(2)3)38-30(37)18(4)7-10-27(36)32-23-15-21(33)14-22-28-19(5)25(35)16-31(39-28,12-11-20)40-29(22)23/h7-9,13-15,19-20,24,26,28,33-34H,6,10-12,16H2,1-5H3,(H,32,36)/t19-,20+,24?,26+,28+,31+/m1/s1. The number of allylic oxidation sites excluding steroid dienone is 2. The summed E-state index contributed by atoms with van der Waals surface area (Å²) < 4.78 is 18.5. The molecule has 3 N–H and O–H groups in total. The van der Waals surface area contributed by atoms with Gasteiger partial charge < -0.3 is 29.7 Å². The number of aromatic hydroxyl groups is 1. The van der Waals surface area contributed by atoms with E-state index >= 15 is 0 Å². The number of amides is 1. The Kier molecular flexibility index (Phi) is 8.85. The molecule has 1 amide bonds. The Labute approximate surface area is 234 Å². The largest absolute Gasteiger partial charge is 0.508 e. The summed E-state index contributed by atoms with van der Waals surface area (Å²) in [6.45, 7) is 9.06. The Morgan fingerprint density at radius 1 is 1.23 bits per heavy atom. The summed E-state index contributed by atoms with van der Waals surface area (Å²) in [7, 11) is 0. The van der Waals surface area contributed by atoms with E-state index in [1.807, 2.05) is 26.8 Å². The van der Waals surface area contributed by atoms with Crippen LogP contribution in [0.15, 0.2) is 47.6 Å². The molecular formula is C31H39NO8. The van der Waals surface area contributed by atoms with Crippen LogP contribution in [-0.4, -0.2) is 45.9 Å². The van der Waals surface area contributed by atoms with Crippen LogP contribution in [-0.2, 0) is 23.9 Å². The molecule has 9 heteroatoms. The molecule has 1 aromatic carbocycles. The van der Waals surface area contributed by atoms with Gasteiger partial charge in [0.05, 0.1) is 12.1 Å². The smallest absolute Gasteiger partial charge is 0.334 e. The Hall–Kier alpha value is -3.43. The number of esters is 1. The number of rotatable bonds is 3. The van der Waals surface area contributed by atoms with Crippen LogP contribution >= 0.6 is 0 Å². The Morgan fingerprint density at radius 3 is 2.67 bits per heavy atom. The number of ketones is 1. The van der Waals surface area contributed by atoms with Crippen molar-refractivity contribution in [2.75, 3.05) is 5.32 Å². The summed E-state index contributed by atoms with van der Waals surface area (Å²) in [4.78, 5) is 38.8. The number of ether oxygens (including phenoxy) is 3. The summed E-state index contributed by atoms with van der Waals surface area (Å²) in [6, 6.07) is 2.91. The van der Waals surface area contributed by atoms with Crippen LogP contribution in [0.25, 0.3) is 0 Å². The number of carbonyl (C=O) groups is 3. The monoisotopic (exact) mass is 553 g/mol. The fraction of sp³-hybridized carbons (Fsp3) is 0.516. The van der Waals surface area contributed by atoms with Crippen LogP contribution < -0.4 is 10.1 Å². The normalized spacial score (nSPS) is 29.8. The minimum Gasteiger partial charge on any atom is -0.508 e. The van der Waals surface area contributed by atoms with Crippen LogP contribution in [0, 0.1) is 11.8 Å². The summed E-state index contributed by atoms with van der Waals surface area (Å²) in [5.74, 6) is -2.46. The molecule has 0 saturated carbocycles. The zero-order valence-corrected chi connectivity index (χ0v) is 23.7. The van der Waals surface area contributed by atoms with E-state index in [2.05, 4.69) is 5.32 Å². The quantitative estimate of drug-likeness (QED) is 0.351. The van der Waals surface area contributed by atoms with Gasteiger partial charge in [0.25, 0.3) is 0 Å². The van der Waals surface area contributed by atoms with Crippen LogP contribution in [0.4, 0.5) is 5.69 Å². The first kappa shape index (κ1) is 29.6. The SMILES string of the molecule is CC[C@H]1C=C[C@@H](C(O)C=C(C)C)OC(=O)C(C)=CCC(=O)Nc2cc(O)cc3c2O[C@@]2(CC1)CC(=O)[C@@H](C)[C@@H]3O2. The Bertz CT molecular complexity index is 1260. The minimum atomic E-state index is -1.23. The van der Waals surface area contributed by atoms with E-state index in [1.54, 1.807) is 26.0 Å². The molecule has 1 fully saturated rings. The molecule has 3 bridgehead atoms. The number of carbonyl (C=O) groups excluding carboxylic acids is 3. The van der Waals surface area contributed by atoms with Gasteiger partial charge in [0.15, 0.2) is 5.75 Å². The number of benzene rings is 1. The molecule has 0 radical (unpaired) electrons. The third-order valence-electron chi connectivity index (χ3n) is 7.71. The minimum absolute atomic E-state index is 0.00254. The van der Waals surface area contributed by atoms with E-state index in [0.717, 1.165) is 12.0 Å². The van der Waals surface area contributed by atoms with E-state index in [9.17, 15) is 24.6 Å². The highest BCUT2D eigenvalue weighted by Crippen LogP contribution is 2.53. The molecule has 1 spiro atoms. The van der Waals surface area contributed by atoms with Gasteiger partial charge in [-0.1, -0.05) is 37.6 Å². The topological polar surface area (TPSA) is 131 Å². The van der Waals surface area contributed by atoms with Crippen molar-refractivity contribution in [3.05, 3.63) is 53.1 Å². The van der Waals surface area contributed by atoms with Crippen molar-refractivity contribution in [2.45, 2.75) is 90.8 Å². The molecule has 6 atom stereocenters. The highest BCUT2D eigenvalue weighted by Gasteiger charge is 2.52. The number of anilines is 1. The first-order valence-electron chi connectivity index (χ1n) is 13.9. The van der Waals surface area contributed by atoms with Gasteiger partial charge in [-0.2, -0.15) is 0 Å². The van der Waals surface area contributed by atoms with Crippen LogP contribution in [0.5, 0.6) is 11.5 Å². The molecule has 1 saturated heterocycles. The fourth-order valence-corrected chi connectivity index (χ4v) is 5.32. The van der Waals surface area contributed by atoms with E-state index in [1.165, 1.54) is 18.2 Å². The molecule has 4 rings (SSSR count).